The fraction of sp³-hybridized carbons (Fsp3) is 0.933. The van der Waals surface area contributed by atoms with Crippen LogP contribution in [0.5, 0.6) is 0 Å². The molecule has 0 aromatic heterocycles. The third kappa shape index (κ3) is 6.34. The molecule has 1 fully saturated rings. The van der Waals surface area contributed by atoms with E-state index in [1.807, 2.05) is 0 Å². The summed E-state index contributed by atoms with van der Waals surface area (Å²) in [6.07, 6.45) is 5.54. The predicted octanol–water partition coefficient (Wildman–Crippen LogP) is 2.56. The fourth-order valence-electron chi connectivity index (χ4n) is 2.74. The Hall–Kier alpha value is -0.620. The van der Waals surface area contributed by atoms with Gasteiger partial charge in [-0.15, -0.1) is 0 Å². The summed E-state index contributed by atoms with van der Waals surface area (Å²) in [7, 11) is -1.96. The zero-order valence-corrected chi connectivity index (χ0v) is 14.3. The van der Waals surface area contributed by atoms with Gasteiger partial charge in [0.15, 0.2) is 0 Å². The quantitative estimate of drug-likeness (QED) is 0.613. The van der Waals surface area contributed by atoms with Crippen LogP contribution in [0.2, 0.25) is 0 Å². The molecule has 0 atom stereocenters. The van der Waals surface area contributed by atoms with Crippen LogP contribution in [-0.4, -0.2) is 44.1 Å². The van der Waals surface area contributed by atoms with Gasteiger partial charge in [-0.25, -0.2) is 8.42 Å². The molecule has 0 unspecified atom stereocenters. The van der Waals surface area contributed by atoms with Crippen molar-refractivity contribution in [3.8, 4) is 0 Å². The molecule has 0 saturated heterocycles. The summed E-state index contributed by atoms with van der Waals surface area (Å²) >= 11 is 0. The molecule has 0 N–H and O–H groups in total. The van der Waals surface area contributed by atoms with E-state index < -0.39 is 10.0 Å². The van der Waals surface area contributed by atoms with E-state index in [0.717, 1.165) is 32.1 Å². The molecule has 0 aromatic rings. The molecule has 1 saturated carbocycles. The summed E-state index contributed by atoms with van der Waals surface area (Å²) in [5, 5.41) is 0. The molecule has 0 aromatic carbocycles. The number of hydrogen-bond acceptors (Lipinski definition) is 4. The van der Waals surface area contributed by atoms with E-state index in [9.17, 15) is 13.2 Å². The Bertz CT molecular complexity index is 413. The average Bonchev–Trinajstić information content (AvgIpc) is 2.91. The predicted molar refractivity (Wildman–Crippen MR) is 83.5 cm³/mol. The van der Waals surface area contributed by atoms with Crippen LogP contribution in [0.1, 0.15) is 58.8 Å². The molecule has 0 amide bonds. The lowest BCUT2D eigenvalue weighted by atomic mass is 10.1. The Balaban J connectivity index is 2.63. The number of rotatable bonds is 9. The minimum absolute atomic E-state index is 0.0384. The highest BCUT2D eigenvalue weighted by molar-refractivity contribution is 7.89. The van der Waals surface area contributed by atoms with Gasteiger partial charge >= 0.3 is 5.97 Å². The number of ether oxygens (including phenoxy) is 1. The minimum Gasteiger partial charge on any atom is -0.469 e. The maximum absolute atomic E-state index is 12.6. The number of methoxy groups -OCH3 is 1. The first kappa shape index (κ1) is 18.4. The highest BCUT2D eigenvalue weighted by atomic mass is 32.2. The zero-order valence-electron chi connectivity index (χ0n) is 13.5. The maximum atomic E-state index is 12.6. The number of hydrogen-bond donors (Lipinski definition) is 0. The van der Waals surface area contributed by atoms with E-state index >= 15 is 0 Å². The van der Waals surface area contributed by atoms with Crippen molar-refractivity contribution in [2.75, 3.05) is 19.4 Å². The van der Waals surface area contributed by atoms with Crippen molar-refractivity contribution < 1.29 is 17.9 Å². The summed E-state index contributed by atoms with van der Waals surface area (Å²) in [4.78, 5) is 11.1. The van der Waals surface area contributed by atoms with Gasteiger partial charge in [0, 0.05) is 19.0 Å². The highest BCUT2D eigenvalue weighted by Crippen LogP contribution is 2.27. The van der Waals surface area contributed by atoms with Crippen molar-refractivity contribution in [2.45, 2.75) is 64.8 Å². The van der Waals surface area contributed by atoms with E-state index in [2.05, 4.69) is 18.6 Å². The van der Waals surface area contributed by atoms with Crippen LogP contribution in [0.4, 0.5) is 0 Å². The Morgan fingerprint density at radius 1 is 1.29 bits per heavy atom. The Morgan fingerprint density at radius 2 is 1.90 bits per heavy atom. The van der Waals surface area contributed by atoms with E-state index in [-0.39, 0.29) is 24.2 Å². The van der Waals surface area contributed by atoms with Gasteiger partial charge in [0.1, 0.15) is 0 Å². The molecule has 5 nitrogen and oxygen atoms in total. The normalized spacial score (nSPS) is 16.8. The lowest BCUT2D eigenvalue weighted by Gasteiger charge is -2.28. The SMILES string of the molecule is COC(=O)CCCS(=O)(=O)N(CCC(C)C)C1CCCC1. The molecule has 0 aliphatic heterocycles. The first-order chi connectivity index (χ1) is 9.86. The van der Waals surface area contributed by atoms with Crippen LogP contribution in [0.15, 0.2) is 0 Å². The molecule has 1 aliphatic carbocycles. The van der Waals surface area contributed by atoms with Crippen LogP contribution in [0.3, 0.4) is 0 Å². The van der Waals surface area contributed by atoms with Crippen molar-refractivity contribution >= 4 is 16.0 Å². The van der Waals surface area contributed by atoms with Gasteiger partial charge in [-0.2, -0.15) is 4.31 Å². The van der Waals surface area contributed by atoms with Crippen LogP contribution < -0.4 is 0 Å². The summed E-state index contributed by atoms with van der Waals surface area (Å²) in [6.45, 7) is 4.82. The van der Waals surface area contributed by atoms with Crippen LogP contribution in [0.25, 0.3) is 0 Å². The second-order valence-electron chi connectivity index (χ2n) is 6.23. The Kier molecular flexibility index (Phi) is 7.66. The average molecular weight is 319 g/mol. The number of carbonyl (C=O) groups excluding carboxylic acids is 1. The van der Waals surface area contributed by atoms with E-state index in [0.29, 0.717) is 18.9 Å². The second-order valence-corrected chi connectivity index (χ2v) is 8.27. The van der Waals surface area contributed by atoms with Gasteiger partial charge in [-0.05, 0) is 31.6 Å². The van der Waals surface area contributed by atoms with Gasteiger partial charge in [0.05, 0.1) is 12.9 Å². The van der Waals surface area contributed by atoms with Gasteiger partial charge in [-0.1, -0.05) is 26.7 Å². The van der Waals surface area contributed by atoms with Crippen LogP contribution >= 0.6 is 0 Å². The third-order valence-corrected chi connectivity index (χ3v) is 6.03. The molecule has 0 heterocycles. The molecule has 0 radical (unpaired) electrons. The van der Waals surface area contributed by atoms with Crippen molar-refractivity contribution in [1.82, 2.24) is 4.31 Å². The van der Waals surface area contributed by atoms with Gasteiger partial charge in [0.2, 0.25) is 10.0 Å². The number of sulfonamides is 1. The largest absolute Gasteiger partial charge is 0.469 e. The van der Waals surface area contributed by atoms with Crippen molar-refractivity contribution in [3.63, 3.8) is 0 Å². The lowest BCUT2D eigenvalue weighted by molar-refractivity contribution is -0.140. The summed E-state index contributed by atoms with van der Waals surface area (Å²) in [6, 6.07) is 0.159. The summed E-state index contributed by atoms with van der Waals surface area (Å²) < 4.78 is 31.4. The van der Waals surface area contributed by atoms with Crippen LogP contribution in [0, 0.1) is 5.92 Å². The van der Waals surface area contributed by atoms with E-state index in [4.69, 9.17) is 0 Å². The standard InChI is InChI=1S/C15H29NO4S/c1-13(2)10-11-16(14-7-4-5-8-14)21(18,19)12-6-9-15(17)20-3/h13-14H,4-12H2,1-3H3. The van der Waals surface area contributed by atoms with Crippen LogP contribution in [-0.2, 0) is 19.6 Å². The molecule has 0 bridgehead atoms. The van der Waals surface area contributed by atoms with Gasteiger partial charge < -0.3 is 4.74 Å². The maximum Gasteiger partial charge on any atom is 0.305 e. The third-order valence-electron chi connectivity index (χ3n) is 4.03. The molecular formula is C15H29NO4S. The first-order valence-electron chi connectivity index (χ1n) is 7.93. The Labute approximate surface area is 129 Å². The van der Waals surface area contributed by atoms with Gasteiger partial charge in [0.25, 0.3) is 0 Å². The van der Waals surface area contributed by atoms with Gasteiger partial charge in [-0.3, -0.25) is 4.79 Å². The van der Waals surface area contributed by atoms with Crippen molar-refractivity contribution in [1.29, 1.82) is 0 Å². The fourth-order valence-corrected chi connectivity index (χ4v) is 4.54. The lowest BCUT2D eigenvalue weighted by Crippen LogP contribution is -2.41. The first-order valence-corrected chi connectivity index (χ1v) is 9.54. The zero-order chi connectivity index (χ0) is 15.9. The molecule has 6 heteroatoms. The molecular weight excluding hydrogens is 290 g/mol. The summed E-state index contributed by atoms with van der Waals surface area (Å²) in [5.74, 6) is 0.176. The van der Waals surface area contributed by atoms with Crippen molar-refractivity contribution in [3.05, 3.63) is 0 Å². The minimum atomic E-state index is -3.28. The monoisotopic (exact) mass is 319 g/mol. The molecule has 124 valence electrons. The van der Waals surface area contributed by atoms with E-state index in [1.54, 1.807) is 4.31 Å². The van der Waals surface area contributed by atoms with E-state index in [1.165, 1.54) is 7.11 Å². The molecule has 21 heavy (non-hydrogen) atoms. The van der Waals surface area contributed by atoms with Crippen molar-refractivity contribution in [2.24, 2.45) is 5.92 Å². The molecule has 1 rings (SSSR count). The number of esters is 1. The smallest absolute Gasteiger partial charge is 0.305 e. The number of carbonyl (C=O) groups is 1. The second kappa shape index (κ2) is 8.73. The summed E-state index contributed by atoms with van der Waals surface area (Å²) in [5.41, 5.74) is 0. The Morgan fingerprint density at radius 3 is 2.43 bits per heavy atom. The molecule has 1 aliphatic rings. The number of nitrogens with zero attached hydrogens (tertiary/aromatic N) is 1. The topological polar surface area (TPSA) is 63.7 Å². The highest BCUT2D eigenvalue weighted by Gasteiger charge is 2.31. The molecule has 0 spiro atoms.